The molecule has 2 heterocycles. The number of anilines is 1. The molecular weight excluding hydrogens is 306 g/mol. The molecule has 0 saturated carbocycles. The first-order valence-electron chi connectivity index (χ1n) is 8.85. The fourth-order valence-electron chi connectivity index (χ4n) is 3.32. The van der Waals surface area contributed by atoms with Crippen LogP contribution in [0.2, 0.25) is 0 Å². The number of nitrogens with one attached hydrogen (secondary N) is 2. The Morgan fingerprint density at radius 2 is 2.00 bits per heavy atom. The number of amides is 1. The highest BCUT2D eigenvalue weighted by molar-refractivity contribution is 5.94. The van der Waals surface area contributed by atoms with E-state index in [-0.39, 0.29) is 12.0 Å². The normalized spacial score (nSPS) is 28.5. The van der Waals surface area contributed by atoms with Gasteiger partial charge in [-0.1, -0.05) is 18.2 Å². The third kappa shape index (κ3) is 4.77. The Labute approximate surface area is 143 Å². The van der Waals surface area contributed by atoms with Crippen LogP contribution in [0, 0.1) is 0 Å². The van der Waals surface area contributed by atoms with Gasteiger partial charge in [-0.3, -0.25) is 4.79 Å². The van der Waals surface area contributed by atoms with Crippen LogP contribution in [0.4, 0.5) is 5.69 Å². The molecule has 1 aromatic rings. The molecular formula is C18H27N3O3. The lowest BCUT2D eigenvalue weighted by molar-refractivity contribution is -0.153. The summed E-state index contributed by atoms with van der Waals surface area (Å²) in [5.74, 6) is -0.263. The van der Waals surface area contributed by atoms with Gasteiger partial charge in [0.2, 0.25) is 0 Å². The number of benzene rings is 1. The van der Waals surface area contributed by atoms with E-state index in [4.69, 9.17) is 4.74 Å². The molecule has 0 spiro atoms. The topological polar surface area (TPSA) is 73.8 Å². The minimum atomic E-state index is -0.785. The number of nitrogens with zero attached hydrogens (tertiary/aromatic N) is 1. The van der Waals surface area contributed by atoms with Gasteiger partial charge in [-0.2, -0.15) is 0 Å². The van der Waals surface area contributed by atoms with Crippen LogP contribution in [-0.2, 0) is 9.53 Å². The number of carbonyl (C=O) groups excluding carboxylic acids is 1. The van der Waals surface area contributed by atoms with Crippen LogP contribution in [0.5, 0.6) is 0 Å². The molecule has 0 unspecified atom stereocenters. The maximum Gasteiger partial charge on any atom is 0.256 e. The summed E-state index contributed by atoms with van der Waals surface area (Å²) in [6.45, 7) is 5.18. The van der Waals surface area contributed by atoms with Gasteiger partial charge in [-0.05, 0) is 31.4 Å². The summed E-state index contributed by atoms with van der Waals surface area (Å²) in [6.07, 6.45) is 0.842. The van der Waals surface area contributed by atoms with Crippen LogP contribution in [0.3, 0.4) is 0 Å². The van der Waals surface area contributed by atoms with Gasteiger partial charge in [0, 0.05) is 38.4 Å². The third-order valence-corrected chi connectivity index (χ3v) is 4.75. The van der Waals surface area contributed by atoms with Gasteiger partial charge in [0.15, 0.2) is 6.10 Å². The Morgan fingerprint density at radius 3 is 2.75 bits per heavy atom. The third-order valence-electron chi connectivity index (χ3n) is 4.75. The summed E-state index contributed by atoms with van der Waals surface area (Å²) < 4.78 is 5.92. The van der Waals surface area contributed by atoms with Crippen molar-refractivity contribution in [1.82, 2.24) is 10.2 Å². The number of aliphatic hydroxyl groups is 1. The maximum absolute atomic E-state index is 12.4. The quantitative estimate of drug-likeness (QED) is 0.744. The van der Waals surface area contributed by atoms with E-state index < -0.39 is 12.2 Å². The highest BCUT2D eigenvalue weighted by Crippen LogP contribution is 2.23. The van der Waals surface area contributed by atoms with Crippen LogP contribution in [-0.4, -0.2) is 66.9 Å². The van der Waals surface area contributed by atoms with E-state index in [1.165, 1.54) is 0 Å². The first kappa shape index (κ1) is 17.4. The van der Waals surface area contributed by atoms with Crippen molar-refractivity contribution >= 4 is 11.6 Å². The molecule has 2 aliphatic rings. The van der Waals surface area contributed by atoms with Gasteiger partial charge >= 0.3 is 0 Å². The predicted octanol–water partition coefficient (Wildman–Crippen LogP) is 0.829. The number of hydrogen-bond donors (Lipinski definition) is 3. The van der Waals surface area contributed by atoms with Crippen molar-refractivity contribution in [2.75, 3.05) is 38.0 Å². The summed E-state index contributed by atoms with van der Waals surface area (Å²) >= 11 is 0. The molecule has 3 atom stereocenters. The fourth-order valence-corrected chi connectivity index (χ4v) is 3.32. The van der Waals surface area contributed by atoms with Crippen molar-refractivity contribution in [3.63, 3.8) is 0 Å². The molecule has 132 valence electrons. The lowest BCUT2D eigenvalue weighted by atomic mass is 9.98. The molecule has 2 fully saturated rings. The Balaban J connectivity index is 1.50. The molecule has 3 rings (SSSR count). The van der Waals surface area contributed by atoms with Crippen LogP contribution < -0.4 is 10.6 Å². The molecule has 6 heteroatoms. The number of aliphatic hydroxyl groups excluding tert-OH is 1. The van der Waals surface area contributed by atoms with Crippen LogP contribution in [0.15, 0.2) is 30.3 Å². The maximum atomic E-state index is 12.4. The van der Waals surface area contributed by atoms with Crippen molar-refractivity contribution in [2.24, 2.45) is 0 Å². The van der Waals surface area contributed by atoms with E-state index in [9.17, 15) is 9.90 Å². The van der Waals surface area contributed by atoms with E-state index in [0.29, 0.717) is 6.42 Å². The second-order valence-electron chi connectivity index (χ2n) is 6.56. The summed E-state index contributed by atoms with van der Waals surface area (Å²) in [6, 6.07) is 9.28. The zero-order chi connectivity index (χ0) is 16.8. The monoisotopic (exact) mass is 333 g/mol. The highest BCUT2D eigenvalue weighted by Gasteiger charge is 2.35. The smallest absolute Gasteiger partial charge is 0.256 e. The summed E-state index contributed by atoms with van der Waals surface area (Å²) in [7, 11) is 0. The summed E-state index contributed by atoms with van der Waals surface area (Å²) in [5.41, 5.74) is 0.723. The Bertz CT molecular complexity index is 520. The van der Waals surface area contributed by atoms with Gasteiger partial charge in [-0.25, -0.2) is 0 Å². The van der Waals surface area contributed by atoms with E-state index in [0.717, 1.165) is 51.3 Å². The minimum Gasteiger partial charge on any atom is -0.390 e. The zero-order valence-corrected chi connectivity index (χ0v) is 14.0. The van der Waals surface area contributed by atoms with Gasteiger partial charge in [0.25, 0.3) is 5.91 Å². The van der Waals surface area contributed by atoms with Crippen LogP contribution >= 0.6 is 0 Å². The average Bonchev–Trinajstić information content (AvgIpc) is 2.62. The number of piperazine rings is 1. The number of carbonyl (C=O) groups is 1. The molecule has 0 radical (unpaired) electrons. The minimum absolute atomic E-state index is 0.0369. The van der Waals surface area contributed by atoms with Crippen molar-refractivity contribution in [3.05, 3.63) is 30.3 Å². The molecule has 0 bridgehead atoms. The Morgan fingerprint density at radius 1 is 1.25 bits per heavy atom. The number of rotatable bonds is 5. The molecule has 2 aliphatic heterocycles. The SMILES string of the molecule is O=C(Nc1ccccc1)[C@H]1O[C@H](CCN2CCNCC2)CC[C@@H]1O. The fraction of sp³-hybridized carbons (Fsp3) is 0.611. The molecule has 1 aromatic carbocycles. The molecule has 6 nitrogen and oxygen atoms in total. The van der Waals surface area contributed by atoms with Crippen molar-refractivity contribution < 1.29 is 14.6 Å². The Kier molecular flexibility index (Phi) is 6.20. The molecule has 2 saturated heterocycles. The van der Waals surface area contributed by atoms with Gasteiger partial charge in [0.05, 0.1) is 12.2 Å². The van der Waals surface area contributed by atoms with Crippen molar-refractivity contribution in [1.29, 1.82) is 0 Å². The van der Waals surface area contributed by atoms with Gasteiger partial charge < -0.3 is 25.4 Å². The summed E-state index contributed by atoms with van der Waals surface area (Å²) in [4.78, 5) is 14.8. The molecule has 0 aromatic heterocycles. The van der Waals surface area contributed by atoms with Crippen LogP contribution in [0.1, 0.15) is 19.3 Å². The average molecular weight is 333 g/mol. The van der Waals surface area contributed by atoms with Crippen LogP contribution in [0.25, 0.3) is 0 Å². The lowest BCUT2D eigenvalue weighted by Crippen LogP contribution is -2.48. The molecule has 24 heavy (non-hydrogen) atoms. The molecule has 3 N–H and O–H groups in total. The molecule has 1 amide bonds. The Hall–Kier alpha value is -1.47. The predicted molar refractivity (Wildman–Crippen MR) is 92.9 cm³/mol. The van der Waals surface area contributed by atoms with E-state index in [1.54, 1.807) is 0 Å². The van der Waals surface area contributed by atoms with E-state index in [1.807, 2.05) is 30.3 Å². The summed E-state index contributed by atoms with van der Waals surface area (Å²) in [5, 5.41) is 16.3. The van der Waals surface area contributed by atoms with E-state index in [2.05, 4.69) is 15.5 Å². The number of hydrogen-bond acceptors (Lipinski definition) is 5. The number of ether oxygens (including phenoxy) is 1. The second kappa shape index (κ2) is 8.58. The number of para-hydroxylation sites is 1. The van der Waals surface area contributed by atoms with Gasteiger partial charge in [-0.15, -0.1) is 0 Å². The zero-order valence-electron chi connectivity index (χ0n) is 14.0. The second-order valence-corrected chi connectivity index (χ2v) is 6.56. The lowest BCUT2D eigenvalue weighted by Gasteiger charge is -2.35. The van der Waals surface area contributed by atoms with E-state index >= 15 is 0 Å². The first-order chi connectivity index (χ1) is 11.7. The van der Waals surface area contributed by atoms with Crippen molar-refractivity contribution in [2.45, 2.75) is 37.6 Å². The first-order valence-corrected chi connectivity index (χ1v) is 8.85. The molecule has 0 aliphatic carbocycles. The van der Waals surface area contributed by atoms with Crippen molar-refractivity contribution in [3.8, 4) is 0 Å². The van der Waals surface area contributed by atoms with Gasteiger partial charge in [0.1, 0.15) is 0 Å². The standard InChI is InChI=1S/C18H27N3O3/c22-16-7-6-15(8-11-21-12-9-19-10-13-21)24-17(16)18(23)20-14-4-2-1-3-5-14/h1-5,15-17,19,22H,6-13H2,(H,20,23)/t15-,16-,17-/m0/s1. The largest absolute Gasteiger partial charge is 0.390 e. The highest BCUT2D eigenvalue weighted by atomic mass is 16.5.